The van der Waals surface area contributed by atoms with E-state index in [0.29, 0.717) is 5.75 Å². The van der Waals surface area contributed by atoms with E-state index in [9.17, 15) is 5.11 Å². The van der Waals surface area contributed by atoms with E-state index in [1.54, 1.807) is 6.07 Å². The number of aromatic amines is 1. The molecule has 1 aromatic heterocycles. The van der Waals surface area contributed by atoms with Crippen molar-refractivity contribution in [3.05, 3.63) is 64.8 Å². The minimum absolute atomic E-state index is 0.361. The number of hydrogen-bond acceptors (Lipinski definition) is 2. The molecule has 2 heterocycles. The number of aromatic hydroxyl groups is 1. The Balaban J connectivity index is 1.85. The fourth-order valence-electron chi connectivity index (χ4n) is 3.63. The van der Waals surface area contributed by atoms with Gasteiger partial charge in [-0.25, -0.2) is 0 Å². The van der Waals surface area contributed by atoms with Crippen LogP contribution >= 0.6 is 0 Å². The number of nitrogens with zero attached hydrogens (tertiary/aromatic N) is 1. The molecule has 3 heteroatoms. The van der Waals surface area contributed by atoms with E-state index in [-0.39, 0.29) is 0 Å². The minimum atomic E-state index is 0.361. The SMILES string of the molecule is CN1CCc2cc(O)ccc2Cc2[nH]c3ccccc3c2CC1. The summed E-state index contributed by atoms with van der Waals surface area (Å²) in [4.78, 5) is 6.00. The number of nitrogens with one attached hydrogen (secondary N) is 1. The van der Waals surface area contributed by atoms with Crippen LogP contribution in [0, 0.1) is 0 Å². The van der Waals surface area contributed by atoms with Crippen LogP contribution in [0.25, 0.3) is 10.9 Å². The molecule has 0 bridgehead atoms. The number of aromatic nitrogens is 1. The van der Waals surface area contributed by atoms with Crippen molar-refractivity contribution in [1.29, 1.82) is 0 Å². The summed E-state index contributed by atoms with van der Waals surface area (Å²) in [5, 5.41) is 11.2. The predicted octanol–water partition coefficient (Wildman–Crippen LogP) is 3.49. The average Bonchev–Trinajstić information content (AvgIpc) is 2.90. The lowest BCUT2D eigenvalue weighted by Crippen LogP contribution is -2.25. The van der Waals surface area contributed by atoms with Crippen molar-refractivity contribution < 1.29 is 5.11 Å². The molecule has 1 aliphatic heterocycles. The maximum Gasteiger partial charge on any atom is 0.115 e. The quantitative estimate of drug-likeness (QED) is 0.667. The molecule has 3 nitrogen and oxygen atoms in total. The second-order valence-corrected chi connectivity index (χ2v) is 6.56. The summed E-state index contributed by atoms with van der Waals surface area (Å²) < 4.78 is 0. The second-order valence-electron chi connectivity index (χ2n) is 6.56. The van der Waals surface area contributed by atoms with Gasteiger partial charge in [-0.15, -0.1) is 0 Å². The Morgan fingerprint density at radius 3 is 2.74 bits per heavy atom. The molecule has 2 N–H and O–H groups in total. The molecule has 23 heavy (non-hydrogen) atoms. The van der Waals surface area contributed by atoms with E-state index < -0.39 is 0 Å². The topological polar surface area (TPSA) is 39.3 Å². The van der Waals surface area contributed by atoms with E-state index in [0.717, 1.165) is 32.4 Å². The summed E-state index contributed by atoms with van der Waals surface area (Å²) in [7, 11) is 2.18. The van der Waals surface area contributed by atoms with Crippen LogP contribution < -0.4 is 0 Å². The van der Waals surface area contributed by atoms with Gasteiger partial charge in [-0.2, -0.15) is 0 Å². The lowest BCUT2D eigenvalue weighted by molar-refractivity contribution is 0.341. The maximum atomic E-state index is 9.83. The molecule has 2 aromatic carbocycles. The first kappa shape index (κ1) is 14.3. The van der Waals surface area contributed by atoms with Crippen molar-refractivity contribution in [2.45, 2.75) is 19.3 Å². The van der Waals surface area contributed by atoms with Gasteiger partial charge in [0, 0.05) is 36.1 Å². The summed E-state index contributed by atoms with van der Waals surface area (Å²) in [5.74, 6) is 0.361. The van der Waals surface area contributed by atoms with Gasteiger partial charge in [-0.1, -0.05) is 24.3 Å². The van der Waals surface area contributed by atoms with E-state index in [1.807, 2.05) is 6.07 Å². The number of benzene rings is 2. The number of hydrogen-bond donors (Lipinski definition) is 2. The number of phenols is 1. The van der Waals surface area contributed by atoms with Crippen molar-refractivity contribution in [3.63, 3.8) is 0 Å². The van der Waals surface area contributed by atoms with Gasteiger partial charge < -0.3 is 15.0 Å². The summed E-state index contributed by atoms with van der Waals surface area (Å²) >= 11 is 0. The number of likely N-dealkylation sites (N-methyl/N-ethyl adjacent to an activating group) is 1. The monoisotopic (exact) mass is 306 g/mol. The van der Waals surface area contributed by atoms with Crippen molar-refractivity contribution in [3.8, 4) is 5.75 Å². The van der Waals surface area contributed by atoms with Gasteiger partial charge in [-0.3, -0.25) is 0 Å². The Morgan fingerprint density at radius 1 is 1.00 bits per heavy atom. The first-order chi connectivity index (χ1) is 11.2. The van der Waals surface area contributed by atoms with E-state index in [4.69, 9.17) is 0 Å². The van der Waals surface area contributed by atoms with Crippen LogP contribution in [0.4, 0.5) is 0 Å². The first-order valence-electron chi connectivity index (χ1n) is 8.28. The normalized spacial score (nSPS) is 16.0. The molecule has 0 atom stereocenters. The maximum absolute atomic E-state index is 9.83. The lowest BCUT2D eigenvalue weighted by atomic mass is 9.96. The molecule has 0 unspecified atom stereocenters. The highest BCUT2D eigenvalue weighted by atomic mass is 16.3. The molecule has 0 aliphatic carbocycles. The largest absolute Gasteiger partial charge is 0.508 e. The highest BCUT2D eigenvalue weighted by molar-refractivity contribution is 5.84. The molecule has 1 aliphatic rings. The minimum Gasteiger partial charge on any atom is -0.508 e. The third-order valence-electron chi connectivity index (χ3n) is 4.97. The van der Waals surface area contributed by atoms with Crippen LogP contribution in [0.3, 0.4) is 0 Å². The molecule has 0 saturated carbocycles. The van der Waals surface area contributed by atoms with Crippen LogP contribution in [-0.2, 0) is 19.3 Å². The van der Waals surface area contributed by atoms with Gasteiger partial charge >= 0.3 is 0 Å². The van der Waals surface area contributed by atoms with Gasteiger partial charge in [0.15, 0.2) is 0 Å². The number of phenolic OH excluding ortho intramolecular Hbond substituents is 1. The van der Waals surface area contributed by atoms with E-state index >= 15 is 0 Å². The van der Waals surface area contributed by atoms with Crippen LogP contribution in [0.2, 0.25) is 0 Å². The third-order valence-corrected chi connectivity index (χ3v) is 4.97. The van der Waals surface area contributed by atoms with Crippen molar-refractivity contribution in [2.75, 3.05) is 20.1 Å². The van der Waals surface area contributed by atoms with Gasteiger partial charge in [0.1, 0.15) is 5.75 Å². The predicted molar refractivity (Wildman–Crippen MR) is 94.1 cm³/mol. The van der Waals surface area contributed by atoms with Crippen molar-refractivity contribution in [2.24, 2.45) is 0 Å². The fourth-order valence-corrected chi connectivity index (χ4v) is 3.63. The molecule has 0 fully saturated rings. The van der Waals surface area contributed by atoms with Gasteiger partial charge in [0.05, 0.1) is 0 Å². The molecular formula is C20H22N2O. The molecule has 0 spiro atoms. The van der Waals surface area contributed by atoms with E-state index in [2.05, 4.69) is 47.3 Å². The standard InChI is InChI=1S/C20H22N2O/c1-22-10-8-15-12-16(23)7-6-14(15)13-20-18(9-11-22)17-4-2-3-5-19(17)21-20/h2-7,12,21,23H,8-11,13H2,1H3. The highest BCUT2D eigenvalue weighted by Crippen LogP contribution is 2.28. The molecule has 118 valence electrons. The third kappa shape index (κ3) is 2.73. The first-order valence-corrected chi connectivity index (χ1v) is 8.28. The van der Waals surface area contributed by atoms with Crippen LogP contribution in [0.1, 0.15) is 22.4 Å². The summed E-state index contributed by atoms with van der Waals surface area (Å²) in [6, 6.07) is 14.4. The number of para-hydroxylation sites is 1. The summed E-state index contributed by atoms with van der Waals surface area (Å²) in [5.41, 5.74) is 6.54. The molecule has 0 amide bonds. The Kier molecular flexibility index (Phi) is 3.58. The smallest absolute Gasteiger partial charge is 0.115 e. The Bertz CT molecular complexity index is 850. The molecule has 0 radical (unpaired) electrons. The van der Waals surface area contributed by atoms with Gasteiger partial charge in [-0.05, 0) is 54.8 Å². The van der Waals surface area contributed by atoms with E-state index in [1.165, 1.54) is 33.3 Å². The van der Waals surface area contributed by atoms with Crippen LogP contribution in [0.5, 0.6) is 5.75 Å². The lowest BCUT2D eigenvalue weighted by Gasteiger charge is -2.20. The average molecular weight is 306 g/mol. The number of H-pyrrole nitrogens is 1. The van der Waals surface area contributed by atoms with Crippen molar-refractivity contribution in [1.82, 2.24) is 9.88 Å². The van der Waals surface area contributed by atoms with Crippen LogP contribution in [0.15, 0.2) is 42.5 Å². The summed E-state index contributed by atoms with van der Waals surface area (Å²) in [6.45, 7) is 2.08. The highest BCUT2D eigenvalue weighted by Gasteiger charge is 2.16. The molecule has 0 saturated heterocycles. The second kappa shape index (κ2) is 5.74. The molecule has 4 rings (SSSR count). The van der Waals surface area contributed by atoms with Crippen LogP contribution in [-0.4, -0.2) is 35.1 Å². The van der Waals surface area contributed by atoms with Crippen molar-refractivity contribution >= 4 is 10.9 Å². The molecular weight excluding hydrogens is 284 g/mol. The zero-order chi connectivity index (χ0) is 15.8. The zero-order valence-electron chi connectivity index (χ0n) is 13.5. The van der Waals surface area contributed by atoms with Gasteiger partial charge in [0.25, 0.3) is 0 Å². The van der Waals surface area contributed by atoms with Gasteiger partial charge in [0.2, 0.25) is 0 Å². The summed E-state index contributed by atoms with van der Waals surface area (Å²) in [6.07, 6.45) is 2.96. The zero-order valence-corrected chi connectivity index (χ0v) is 13.5. The number of fused-ring (bicyclic) bond motifs is 4. The molecule has 3 aromatic rings. The Hall–Kier alpha value is -2.26. The fraction of sp³-hybridized carbons (Fsp3) is 0.300. The Morgan fingerprint density at radius 2 is 1.83 bits per heavy atom. The Labute approximate surface area is 136 Å². The number of rotatable bonds is 0.